The highest BCUT2D eigenvalue weighted by Crippen LogP contribution is 2.19. The van der Waals surface area contributed by atoms with Crippen LogP contribution in [0.25, 0.3) is 0 Å². The third-order valence-electron chi connectivity index (χ3n) is 2.70. The molecule has 0 aromatic heterocycles. The van der Waals surface area contributed by atoms with E-state index in [1.54, 1.807) is 0 Å². The third kappa shape index (κ3) is 5.37. The van der Waals surface area contributed by atoms with E-state index in [-0.39, 0.29) is 12.0 Å². The van der Waals surface area contributed by atoms with Crippen molar-refractivity contribution in [3.63, 3.8) is 0 Å². The predicted octanol–water partition coefficient (Wildman–Crippen LogP) is 1.27. The van der Waals surface area contributed by atoms with Gasteiger partial charge in [0, 0.05) is 19.1 Å². The van der Waals surface area contributed by atoms with Crippen LogP contribution in [-0.4, -0.2) is 37.5 Å². The Hall–Kier alpha value is -0.810. The zero-order chi connectivity index (χ0) is 12.9. The van der Waals surface area contributed by atoms with Gasteiger partial charge in [-0.05, 0) is 40.2 Å². The molecule has 1 fully saturated rings. The molecule has 1 aliphatic heterocycles. The summed E-state index contributed by atoms with van der Waals surface area (Å²) in [6.07, 6.45) is 1.88. The van der Waals surface area contributed by atoms with Crippen LogP contribution in [0, 0.1) is 5.92 Å². The van der Waals surface area contributed by atoms with Crippen LogP contribution in [0.1, 0.15) is 33.6 Å². The molecule has 1 heterocycles. The zero-order valence-electron chi connectivity index (χ0n) is 11.0. The largest absolute Gasteiger partial charge is 0.444 e. The summed E-state index contributed by atoms with van der Waals surface area (Å²) in [6, 6.07) is 0. The molecule has 1 rings (SSSR count). The Morgan fingerprint density at radius 1 is 1.59 bits per heavy atom. The summed E-state index contributed by atoms with van der Waals surface area (Å²) in [5.74, 6) is 0.171. The van der Waals surface area contributed by atoms with Crippen molar-refractivity contribution in [2.45, 2.75) is 45.3 Å². The molecule has 100 valence electrons. The molecule has 0 aliphatic carbocycles. The summed E-state index contributed by atoms with van der Waals surface area (Å²) < 4.78 is 10.7. The molecular formula is C12H24N2O3. The van der Waals surface area contributed by atoms with Crippen molar-refractivity contribution in [3.05, 3.63) is 0 Å². The molecule has 5 nitrogen and oxygen atoms in total. The van der Waals surface area contributed by atoms with Gasteiger partial charge in [-0.2, -0.15) is 0 Å². The van der Waals surface area contributed by atoms with Gasteiger partial charge in [-0.25, -0.2) is 4.79 Å². The number of nitrogens with two attached hydrogens (primary N) is 1. The van der Waals surface area contributed by atoms with Crippen molar-refractivity contribution in [3.8, 4) is 0 Å². The Balaban J connectivity index is 2.29. The molecule has 0 bridgehead atoms. The van der Waals surface area contributed by atoms with Gasteiger partial charge in [-0.3, -0.25) is 0 Å². The molecule has 5 heteroatoms. The van der Waals surface area contributed by atoms with Gasteiger partial charge in [0.25, 0.3) is 0 Å². The average Bonchev–Trinajstić information content (AvgIpc) is 2.69. The standard InChI is InChI=1S/C12H24N2O3/c1-12(2,3)17-11(15)14-8-9(7-13)10-5-4-6-16-10/h9-10H,4-8,13H2,1-3H3,(H,14,15). The number of hydrogen-bond acceptors (Lipinski definition) is 4. The highest BCUT2D eigenvalue weighted by Gasteiger charge is 2.26. The van der Waals surface area contributed by atoms with Crippen molar-refractivity contribution in [1.29, 1.82) is 0 Å². The average molecular weight is 244 g/mol. The maximum atomic E-state index is 11.5. The van der Waals surface area contributed by atoms with Crippen LogP contribution in [0.2, 0.25) is 0 Å². The molecule has 2 unspecified atom stereocenters. The molecule has 2 atom stereocenters. The van der Waals surface area contributed by atoms with Gasteiger partial charge >= 0.3 is 6.09 Å². The number of nitrogens with one attached hydrogen (secondary N) is 1. The van der Waals surface area contributed by atoms with Crippen molar-refractivity contribution in [2.24, 2.45) is 11.7 Å². The van der Waals surface area contributed by atoms with Crippen molar-refractivity contribution in [1.82, 2.24) is 5.32 Å². The van der Waals surface area contributed by atoms with Gasteiger partial charge < -0.3 is 20.5 Å². The van der Waals surface area contributed by atoms with Crippen LogP contribution < -0.4 is 11.1 Å². The normalized spacial score (nSPS) is 22.2. The Morgan fingerprint density at radius 3 is 2.76 bits per heavy atom. The van der Waals surface area contributed by atoms with E-state index >= 15 is 0 Å². The Labute approximate surface area is 103 Å². The molecule has 0 aromatic carbocycles. The van der Waals surface area contributed by atoms with Crippen LogP contribution in [0.3, 0.4) is 0 Å². The van der Waals surface area contributed by atoms with Gasteiger partial charge in [0.2, 0.25) is 0 Å². The first-order valence-corrected chi connectivity index (χ1v) is 6.21. The highest BCUT2D eigenvalue weighted by atomic mass is 16.6. The number of ether oxygens (including phenoxy) is 2. The number of amides is 1. The van der Waals surface area contributed by atoms with Gasteiger partial charge in [-0.1, -0.05) is 0 Å². The SMILES string of the molecule is CC(C)(C)OC(=O)NCC(CN)C1CCCO1. The number of alkyl carbamates (subject to hydrolysis) is 1. The molecule has 1 saturated heterocycles. The van der Waals surface area contributed by atoms with E-state index in [0.717, 1.165) is 19.4 Å². The molecule has 0 saturated carbocycles. The molecule has 3 N–H and O–H groups in total. The summed E-state index contributed by atoms with van der Waals surface area (Å²) in [5.41, 5.74) is 5.23. The molecule has 0 radical (unpaired) electrons. The first-order valence-electron chi connectivity index (χ1n) is 6.21. The zero-order valence-corrected chi connectivity index (χ0v) is 11.0. The number of carbonyl (C=O) groups is 1. The molecule has 1 aliphatic rings. The Kier molecular flexibility index (Phi) is 5.21. The molecule has 17 heavy (non-hydrogen) atoms. The second-order valence-corrected chi connectivity index (χ2v) is 5.43. The van der Waals surface area contributed by atoms with Crippen molar-refractivity contribution >= 4 is 6.09 Å². The predicted molar refractivity (Wildman–Crippen MR) is 65.8 cm³/mol. The summed E-state index contributed by atoms with van der Waals surface area (Å²) in [7, 11) is 0. The topological polar surface area (TPSA) is 73.6 Å². The fourth-order valence-corrected chi connectivity index (χ4v) is 1.87. The lowest BCUT2D eigenvalue weighted by Gasteiger charge is -2.24. The van der Waals surface area contributed by atoms with Gasteiger partial charge in [-0.15, -0.1) is 0 Å². The quantitative estimate of drug-likeness (QED) is 0.781. The van der Waals surface area contributed by atoms with Gasteiger partial charge in [0.05, 0.1) is 6.10 Å². The van der Waals surface area contributed by atoms with Gasteiger partial charge in [0.15, 0.2) is 0 Å². The van der Waals surface area contributed by atoms with Crippen molar-refractivity contribution < 1.29 is 14.3 Å². The number of carbonyl (C=O) groups excluding carboxylic acids is 1. The maximum Gasteiger partial charge on any atom is 0.407 e. The van der Waals surface area contributed by atoms with Gasteiger partial charge in [0.1, 0.15) is 5.60 Å². The Morgan fingerprint density at radius 2 is 2.29 bits per heavy atom. The summed E-state index contributed by atoms with van der Waals surface area (Å²) >= 11 is 0. The minimum atomic E-state index is -0.466. The van der Waals surface area contributed by atoms with Crippen LogP contribution in [0.15, 0.2) is 0 Å². The van der Waals surface area contributed by atoms with Crippen LogP contribution in [0.4, 0.5) is 4.79 Å². The lowest BCUT2D eigenvalue weighted by atomic mass is 10.0. The smallest absolute Gasteiger partial charge is 0.407 e. The third-order valence-corrected chi connectivity index (χ3v) is 2.70. The van der Waals surface area contributed by atoms with E-state index in [9.17, 15) is 4.79 Å². The number of hydrogen-bond donors (Lipinski definition) is 2. The van der Waals surface area contributed by atoms with Crippen LogP contribution in [0.5, 0.6) is 0 Å². The molecule has 0 spiro atoms. The van der Waals surface area contributed by atoms with E-state index in [1.807, 2.05) is 20.8 Å². The lowest BCUT2D eigenvalue weighted by Crippen LogP contribution is -2.41. The Bertz CT molecular complexity index is 245. The van der Waals surface area contributed by atoms with Crippen LogP contribution in [-0.2, 0) is 9.47 Å². The number of rotatable bonds is 4. The van der Waals surface area contributed by atoms with Crippen LogP contribution >= 0.6 is 0 Å². The lowest BCUT2D eigenvalue weighted by molar-refractivity contribution is 0.0443. The second kappa shape index (κ2) is 6.21. The first-order chi connectivity index (χ1) is 7.92. The van der Waals surface area contributed by atoms with Crippen molar-refractivity contribution in [2.75, 3.05) is 19.7 Å². The van der Waals surface area contributed by atoms with E-state index in [0.29, 0.717) is 13.1 Å². The fourth-order valence-electron chi connectivity index (χ4n) is 1.87. The van der Waals surface area contributed by atoms with E-state index < -0.39 is 11.7 Å². The molecule has 0 aromatic rings. The summed E-state index contributed by atoms with van der Waals surface area (Å²) in [6.45, 7) is 7.34. The minimum Gasteiger partial charge on any atom is -0.444 e. The van der Waals surface area contributed by atoms with E-state index in [2.05, 4.69) is 5.32 Å². The summed E-state index contributed by atoms with van der Waals surface area (Å²) in [5, 5.41) is 2.75. The monoisotopic (exact) mass is 244 g/mol. The highest BCUT2D eigenvalue weighted by molar-refractivity contribution is 5.67. The van der Waals surface area contributed by atoms with E-state index in [4.69, 9.17) is 15.2 Å². The maximum absolute atomic E-state index is 11.5. The fraction of sp³-hybridized carbons (Fsp3) is 0.917. The van der Waals surface area contributed by atoms with E-state index in [1.165, 1.54) is 0 Å². The molecule has 1 amide bonds. The first kappa shape index (κ1) is 14.3. The summed E-state index contributed by atoms with van der Waals surface area (Å²) in [4.78, 5) is 11.5. The second-order valence-electron chi connectivity index (χ2n) is 5.43. The molecular weight excluding hydrogens is 220 g/mol. The minimum absolute atomic E-state index is 0.171.